The van der Waals surface area contributed by atoms with Crippen LogP contribution in [0.15, 0.2) is 23.8 Å². The predicted molar refractivity (Wildman–Crippen MR) is 49.1 cm³/mol. The molecule has 0 saturated heterocycles. The molecular formula is C10H15N. The van der Waals surface area contributed by atoms with Crippen LogP contribution in [0.4, 0.5) is 0 Å². The summed E-state index contributed by atoms with van der Waals surface area (Å²) in [5, 5.41) is 7.67. The molecule has 0 aromatic heterocycles. The molecular weight excluding hydrogens is 134 g/mol. The highest BCUT2D eigenvalue weighted by Crippen LogP contribution is 2.23. The van der Waals surface area contributed by atoms with E-state index in [9.17, 15) is 0 Å². The van der Waals surface area contributed by atoms with Crippen molar-refractivity contribution in [3.05, 3.63) is 23.8 Å². The van der Waals surface area contributed by atoms with Crippen molar-refractivity contribution >= 4 is 5.71 Å². The summed E-state index contributed by atoms with van der Waals surface area (Å²) >= 11 is 0. The molecule has 1 heteroatoms. The zero-order valence-electron chi connectivity index (χ0n) is 7.11. The van der Waals surface area contributed by atoms with E-state index in [1.54, 1.807) is 0 Å². The van der Waals surface area contributed by atoms with Crippen LogP contribution >= 0.6 is 0 Å². The van der Waals surface area contributed by atoms with Gasteiger partial charge in [-0.3, -0.25) is 0 Å². The Kier molecular flexibility index (Phi) is 2.64. The van der Waals surface area contributed by atoms with Gasteiger partial charge in [0.2, 0.25) is 0 Å². The third-order valence-corrected chi connectivity index (χ3v) is 2.25. The Hall–Kier alpha value is -0.850. The minimum Gasteiger partial charge on any atom is -0.305 e. The molecule has 60 valence electrons. The van der Waals surface area contributed by atoms with Gasteiger partial charge in [-0.2, -0.15) is 0 Å². The van der Waals surface area contributed by atoms with Crippen molar-refractivity contribution in [2.24, 2.45) is 0 Å². The van der Waals surface area contributed by atoms with E-state index in [0.29, 0.717) is 0 Å². The van der Waals surface area contributed by atoms with E-state index < -0.39 is 0 Å². The molecule has 0 unspecified atom stereocenters. The molecule has 0 atom stereocenters. The molecule has 0 heterocycles. The fraction of sp³-hybridized carbons (Fsp3) is 0.500. The Bertz CT molecular complexity index is 211. The van der Waals surface area contributed by atoms with Gasteiger partial charge in [-0.1, -0.05) is 12.7 Å². The maximum Gasteiger partial charge on any atom is 0.0348 e. The largest absolute Gasteiger partial charge is 0.305 e. The van der Waals surface area contributed by atoms with Crippen molar-refractivity contribution in [2.75, 3.05) is 0 Å². The SMILES string of the molecule is C=C/C(C)=C1/CCCCC1=N. The molecule has 1 aliphatic carbocycles. The Morgan fingerprint density at radius 2 is 2.09 bits per heavy atom. The molecule has 0 aromatic rings. The van der Waals surface area contributed by atoms with Gasteiger partial charge in [0.25, 0.3) is 0 Å². The van der Waals surface area contributed by atoms with E-state index in [2.05, 4.69) is 6.58 Å². The minimum absolute atomic E-state index is 0.827. The highest BCUT2D eigenvalue weighted by molar-refractivity contribution is 5.99. The number of allylic oxidation sites excluding steroid dienone is 3. The Morgan fingerprint density at radius 1 is 1.45 bits per heavy atom. The molecule has 0 radical (unpaired) electrons. The predicted octanol–water partition coefficient (Wildman–Crippen LogP) is 3.08. The topological polar surface area (TPSA) is 23.9 Å². The van der Waals surface area contributed by atoms with E-state index in [1.807, 2.05) is 13.0 Å². The van der Waals surface area contributed by atoms with Gasteiger partial charge in [-0.15, -0.1) is 0 Å². The fourth-order valence-corrected chi connectivity index (χ4v) is 1.46. The molecule has 0 spiro atoms. The van der Waals surface area contributed by atoms with Crippen molar-refractivity contribution in [3.8, 4) is 0 Å². The summed E-state index contributed by atoms with van der Waals surface area (Å²) in [7, 11) is 0. The second kappa shape index (κ2) is 3.51. The van der Waals surface area contributed by atoms with Gasteiger partial charge in [0.15, 0.2) is 0 Å². The van der Waals surface area contributed by atoms with Gasteiger partial charge < -0.3 is 5.41 Å². The lowest BCUT2D eigenvalue weighted by atomic mass is 9.90. The maximum absolute atomic E-state index is 7.67. The standard InChI is InChI=1S/C10H15N/c1-3-8(2)9-6-4-5-7-10(9)11/h3,11H,1,4-7H2,2H3/b9-8-,11-10?. The summed E-state index contributed by atoms with van der Waals surface area (Å²) in [6, 6.07) is 0. The smallest absolute Gasteiger partial charge is 0.0348 e. The van der Waals surface area contributed by atoms with Crippen LogP contribution in [-0.2, 0) is 0 Å². The van der Waals surface area contributed by atoms with Crippen molar-refractivity contribution in [1.29, 1.82) is 5.41 Å². The van der Waals surface area contributed by atoms with Crippen LogP contribution in [0.2, 0.25) is 0 Å². The maximum atomic E-state index is 7.67. The first-order valence-electron chi connectivity index (χ1n) is 4.15. The van der Waals surface area contributed by atoms with Crippen molar-refractivity contribution in [2.45, 2.75) is 32.6 Å². The average Bonchev–Trinajstić information content (AvgIpc) is 2.04. The third-order valence-electron chi connectivity index (χ3n) is 2.25. The molecule has 1 saturated carbocycles. The Balaban J connectivity index is 2.83. The number of nitrogens with one attached hydrogen (secondary N) is 1. The second-order valence-corrected chi connectivity index (χ2v) is 3.05. The molecule has 0 amide bonds. The van der Waals surface area contributed by atoms with Crippen LogP contribution in [0.3, 0.4) is 0 Å². The second-order valence-electron chi connectivity index (χ2n) is 3.05. The summed E-state index contributed by atoms with van der Waals surface area (Å²) in [5.41, 5.74) is 3.25. The lowest BCUT2D eigenvalue weighted by molar-refractivity contribution is 0.727. The zero-order chi connectivity index (χ0) is 8.27. The van der Waals surface area contributed by atoms with E-state index in [4.69, 9.17) is 5.41 Å². The number of rotatable bonds is 1. The Morgan fingerprint density at radius 3 is 2.64 bits per heavy atom. The summed E-state index contributed by atoms with van der Waals surface area (Å²) in [6.45, 7) is 5.76. The lowest BCUT2D eigenvalue weighted by Gasteiger charge is -2.16. The summed E-state index contributed by atoms with van der Waals surface area (Å²) < 4.78 is 0. The van der Waals surface area contributed by atoms with E-state index in [1.165, 1.54) is 24.0 Å². The first-order chi connectivity index (χ1) is 5.25. The van der Waals surface area contributed by atoms with Gasteiger partial charge in [0.1, 0.15) is 0 Å². The average molecular weight is 149 g/mol. The van der Waals surface area contributed by atoms with E-state index in [0.717, 1.165) is 18.6 Å². The Labute approximate surface area is 68.3 Å². The highest BCUT2D eigenvalue weighted by atomic mass is 14.4. The minimum atomic E-state index is 0.827. The normalized spacial score (nSPS) is 23.2. The van der Waals surface area contributed by atoms with E-state index >= 15 is 0 Å². The molecule has 11 heavy (non-hydrogen) atoms. The lowest BCUT2D eigenvalue weighted by Crippen LogP contribution is -2.08. The summed E-state index contributed by atoms with van der Waals surface area (Å²) in [6.07, 6.45) is 6.32. The van der Waals surface area contributed by atoms with Crippen LogP contribution in [0.25, 0.3) is 0 Å². The van der Waals surface area contributed by atoms with Crippen LogP contribution in [0, 0.1) is 5.41 Å². The highest BCUT2D eigenvalue weighted by Gasteiger charge is 2.12. The first-order valence-corrected chi connectivity index (χ1v) is 4.15. The molecule has 0 aliphatic heterocycles. The molecule has 1 rings (SSSR count). The van der Waals surface area contributed by atoms with Crippen LogP contribution < -0.4 is 0 Å². The summed E-state index contributed by atoms with van der Waals surface area (Å²) in [5.74, 6) is 0. The molecule has 1 aliphatic rings. The van der Waals surface area contributed by atoms with Crippen LogP contribution in [0.1, 0.15) is 32.6 Å². The van der Waals surface area contributed by atoms with Gasteiger partial charge in [-0.25, -0.2) is 0 Å². The fourth-order valence-electron chi connectivity index (χ4n) is 1.46. The molecule has 1 N–H and O–H groups in total. The van der Waals surface area contributed by atoms with Crippen LogP contribution in [-0.4, -0.2) is 5.71 Å². The van der Waals surface area contributed by atoms with Gasteiger partial charge in [0.05, 0.1) is 0 Å². The summed E-state index contributed by atoms with van der Waals surface area (Å²) in [4.78, 5) is 0. The number of hydrogen-bond donors (Lipinski definition) is 1. The molecule has 1 nitrogen and oxygen atoms in total. The molecule has 0 aromatic carbocycles. The van der Waals surface area contributed by atoms with Gasteiger partial charge in [0, 0.05) is 5.71 Å². The molecule has 1 fully saturated rings. The monoisotopic (exact) mass is 149 g/mol. The van der Waals surface area contributed by atoms with Crippen molar-refractivity contribution in [3.63, 3.8) is 0 Å². The number of hydrogen-bond acceptors (Lipinski definition) is 1. The first kappa shape index (κ1) is 8.25. The van der Waals surface area contributed by atoms with Crippen LogP contribution in [0.5, 0.6) is 0 Å². The third kappa shape index (κ3) is 1.79. The van der Waals surface area contributed by atoms with Gasteiger partial charge >= 0.3 is 0 Å². The van der Waals surface area contributed by atoms with Gasteiger partial charge in [-0.05, 0) is 43.8 Å². The zero-order valence-corrected chi connectivity index (χ0v) is 7.11. The quantitative estimate of drug-likeness (QED) is 0.592. The molecule has 0 bridgehead atoms. The van der Waals surface area contributed by atoms with Crippen molar-refractivity contribution < 1.29 is 0 Å². The van der Waals surface area contributed by atoms with Crippen molar-refractivity contribution in [1.82, 2.24) is 0 Å². The van der Waals surface area contributed by atoms with E-state index in [-0.39, 0.29) is 0 Å².